The van der Waals surface area contributed by atoms with Crippen molar-refractivity contribution < 1.29 is 14.0 Å². The molecule has 1 aliphatic heterocycles. The third kappa shape index (κ3) is 2.86. The first-order chi connectivity index (χ1) is 12.6. The number of nitrogens with one attached hydrogen (secondary N) is 1. The van der Waals surface area contributed by atoms with Crippen molar-refractivity contribution in [3.63, 3.8) is 0 Å². The standard InChI is InChI=1S/C20H17N3O3/c1-13(24)23-17-10-6-5-9-15(17)11-18(23)19(25)22-20-21-16(12-26-20)14-7-3-2-4-8-14/h2-10,12,18H,11H2,1H3,(H,21,22,25)/t18-/m0/s1. The van der Waals surface area contributed by atoms with Gasteiger partial charge < -0.3 is 4.42 Å². The van der Waals surface area contributed by atoms with Gasteiger partial charge >= 0.3 is 6.01 Å². The number of fused-ring (bicyclic) bond motifs is 1. The van der Waals surface area contributed by atoms with Gasteiger partial charge in [0.1, 0.15) is 18.0 Å². The molecule has 2 heterocycles. The molecule has 0 spiro atoms. The Hall–Kier alpha value is -3.41. The number of hydrogen-bond acceptors (Lipinski definition) is 4. The second-order valence-electron chi connectivity index (χ2n) is 6.13. The van der Waals surface area contributed by atoms with Gasteiger partial charge in [0, 0.05) is 24.6 Å². The fraction of sp³-hybridized carbons (Fsp3) is 0.150. The molecule has 1 atom stereocenters. The quantitative estimate of drug-likeness (QED) is 0.789. The van der Waals surface area contributed by atoms with Crippen LogP contribution in [0.4, 0.5) is 11.7 Å². The topological polar surface area (TPSA) is 75.4 Å². The first-order valence-corrected chi connectivity index (χ1v) is 8.33. The molecule has 130 valence electrons. The molecule has 1 aromatic heterocycles. The number of hydrogen-bond donors (Lipinski definition) is 1. The molecule has 0 fully saturated rings. The van der Waals surface area contributed by atoms with Gasteiger partial charge in [-0.25, -0.2) is 0 Å². The van der Waals surface area contributed by atoms with Crippen LogP contribution in [-0.4, -0.2) is 22.8 Å². The molecule has 1 aliphatic rings. The molecular formula is C20H17N3O3. The molecule has 0 radical (unpaired) electrons. The first-order valence-electron chi connectivity index (χ1n) is 8.33. The molecule has 2 aromatic carbocycles. The molecule has 26 heavy (non-hydrogen) atoms. The van der Waals surface area contributed by atoms with Gasteiger partial charge in [0.15, 0.2) is 0 Å². The van der Waals surface area contributed by atoms with Crippen molar-refractivity contribution in [1.29, 1.82) is 0 Å². The molecule has 3 aromatic rings. The smallest absolute Gasteiger partial charge is 0.301 e. The van der Waals surface area contributed by atoms with E-state index in [2.05, 4.69) is 10.3 Å². The van der Waals surface area contributed by atoms with Gasteiger partial charge in [-0.2, -0.15) is 4.98 Å². The van der Waals surface area contributed by atoms with Crippen molar-refractivity contribution in [2.24, 2.45) is 0 Å². The maximum Gasteiger partial charge on any atom is 0.301 e. The molecule has 2 amide bonds. The Morgan fingerprint density at radius 2 is 1.85 bits per heavy atom. The Kier molecular flexibility index (Phi) is 4.01. The van der Waals surface area contributed by atoms with E-state index in [0.717, 1.165) is 16.8 Å². The van der Waals surface area contributed by atoms with Gasteiger partial charge in [-0.1, -0.05) is 48.5 Å². The second kappa shape index (κ2) is 6.48. The number of amides is 2. The Bertz CT molecular complexity index is 965. The van der Waals surface area contributed by atoms with Crippen molar-refractivity contribution in [1.82, 2.24) is 4.98 Å². The van der Waals surface area contributed by atoms with E-state index in [1.165, 1.54) is 18.1 Å². The summed E-state index contributed by atoms with van der Waals surface area (Å²) in [6.45, 7) is 1.46. The van der Waals surface area contributed by atoms with E-state index in [0.29, 0.717) is 12.1 Å². The van der Waals surface area contributed by atoms with E-state index in [1.54, 1.807) is 0 Å². The van der Waals surface area contributed by atoms with E-state index >= 15 is 0 Å². The normalized spacial score (nSPS) is 15.6. The summed E-state index contributed by atoms with van der Waals surface area (Å²) in [5, 5.41) is 2.68. The highest BCUT2D eigenvalue weighted by atomic mass is 16.4. The summed E-state index contributed by atoms with van der Waals surface area (Å²) in [5.74, 6) is -0.495. The van der Waals surface area contributed by atoms with Gasteiger partial charge in [-0.05, 0) is 11.6 Å². The summed E-state index contributed by atoms with van der Waals surface area (Å²) in [6.07, 6.45) is 1.96. The fourth-order valence-corrected chi connectivity index (χ4v) is 3.25. The molecule has 1 N–H and O–H groups in total. The van der Waals surface area contributed by atoms with Crippen LogP contribution >= 0.6 is 0 Å². The number of aromatic nitrogens is 1. The number of nitrogens with zero attached hydrogens (tertiary/aromatic N) is 2. The lowest BCUT2D eigenvalue weighted by Crippen LogP contribution is -2.44. The van der Waals surface area contributed by atoms with Crippen LogP contribution in [0.15, 0.2) is 65.3 Å². The van der Waals surface area contributed by atoms with E-state index in [1.807, 2.05) is 54.6 Å². The van der Waals surface area contributed by atoms with Crippen molar-refractivity contribution in [2.75, 3.05) is 10.2 Å². The number of carbonyl (C=O) groups excluding carboxylic acids is 2. The van der Waals surface area contributed by atoms with Crippen molar-refractivity contribution in [3.05, 3.63) is 66.4 Å². The van der Waals surface area contributed by atoms with Gasteiger partial charge in [0.25, 0.3) is 5.91 Å². The molecule has 0 saturated heterocycles. The second-order valence-corrected chi connectivity index (χ2v) is 6.13. The average Bonchev–Trinajstić information content (AvgIpc) is 3.27. The van der Waals surface area contributed by atoms with E-state index in [-0.39, 0.29) is 17.8 Å². The monoisotopic (exact) mass is 347 g/mol. The summed E-state index contributed by atoms with van der Waals surface area (Å²) in [4.78, 5) is 30.6. The minimum atomic E-state index is -0.614. The van der Waals surface area contributed by atoms with Crippen molar-refractivity contribution >= 4 is 23.5 Å². The minimum Gasteiger partial charge on any atom is -0.431 e. The van der Waals surface area contributed by atoms with E-state index in [4.69, 9.17) is 4.42 Å². The summed E-state index contributed by atoms with van der Waals surface area (Å²) in [6, 6.07) is 16.6. The van der Waals surface area contributed by atoms with Gasteiger partial charge in [0.05, 0.1) is 0 Å². The van der Waals surface area contributed by atoms with Crippen LogP contribution in [0.2, 0.25) is 0 Å². The first kappa shape index (κ1) is 16.1. The largest absolute Gasteiger partial charge is 0.431 e. The van der Waals surface area contributed by atoms with Crippen molar-refractivity contribution in [3.8, 4) is 11.3 Å². The number of rotatable bonds is 3. The Labute approximate surface area is 150 Å². The zero-order valence-electron chi connectivity index (χ0n) is 14.2. The van der Waals surface area contributed by atoms with Crippen LogP contribution in [0.5, 0.6) is 0 Å². The van der Waals surface area contributed by atoms with Crippen LogP contribution in [0.1, 0.15) is 12.5 Å². The predicted molar refractivity (Wildman–Crippen MR) is 97.7 cm³/mol. The predicted octanol–water partition coefficient (Wildman–Crippen LogP) is 3.26. The zero-order valence-corrected chi connectivity index (χ0v) is 14.2. The third-order valence-corrected chi connectivity index (χ3v) is 4.42. The highest BCUT2D eigenvalue weighted by molar-refractivity contribution is 6.06. The number of anilines is 2. The third-order valence-electron chi connectivity index (χ3n) is 4.42. The maximum atomic E-state index is 12.7. The molecule has 0 aliphatic carbocycles. The lowest BCUT2D eigenvalue weighted by molar-refractivity contribution is -0.122. The summed E-state index contributed by atoms with van der Waals surface area (Å²) < 4.78 is 5.38. The summed E-state index contributed by atoms with van der Waals surface area (Å²) in [5.41, 5.74) is 3.28. The number of para-hydroxylation sites is 1. The summed E-state index contributed by atoms with van der Waals surface area (Å²) in [7, 11) is 0. The highest BCUT2D eigenvalue weighted by Crippen LogP contribution is 2.32. The molecule has 0 unspecified atom stereocenters. The van der Waals surface area contributed by atoms with Gasteiger partial charge in [-0.3, -0.25) is 19.8 Å². The molecule has 6 heteroatoms. The maximum absolute atomic E-state index is 12.7. The lowest BCUT2D eigenvalue weighted by Gasteiger charge is -2.22. The summed E-state index contributed by atoms with van der Waals surface area (Å²) >= 11 is 0. The molecule has 4 rings (SSSR count). The minimum absolute atomic E-state index is 0.119. The molecule has 6 nitrogen and oxygen atoms in total. The molecule has 0 saturated carbocycles. The van der Waals surface area contributed by atoms with Crippen LogP contribution < -0.4 is 10.2 Å². The van der Waals surface area contributed by atoms with Gasteiger partial charge in [0.2, 0.25) is 5.91 Å². The Balaban J connectivity index is 1.54. The van der Waals surface area contributed by atoms with E-state index < -0.39 is 6.04 Å². The Morgan fingerprint density at radius 3 is 2.62 bits per heavy atom. The van der Waals surface area contributed by atoms with Crippen LogP contribution in [0.3, 0.4) is 0 Å². The lowest BCUT2D eigenvalue weighted by atomic mass is 10.1. The molecule has 0 bridgehead atoms. The SMILES string of the molecule is CC(=O)N1c2ccccc2C[C@H]1C(=O)Nc1nc(-c2ccccc2)co1. The Morgan fingerprint density at radius 1 is 1.12 bits per heavy atom. The van der Waals surface area contributed by atoms with E-state index in [9.17, 15) is 9.59 Å². The fourth-order valence-electron chi connectivity index (χ4n) is 3.25. The van der Waals surface area contributed by atoms with Gasteiger partial charge in [-0.15, -0.1) is 0 Å². The van der Waals surface area contributed by atoms with Crippen LogP contribution in [0.25, 0.3) is 11.3 Å². The molecular weight excluding hydrogens is 330 g/mol. The van der Waals surface area contributed by atoms with Crippen molar-refractivity contribution in [2.45, 2.75) is 19.4 Å². The van der Waals surface area contributed by atoms with Crippen LogP contribution in [0, 0.1) is 0 Å². The zero-order chi connectivity index (χ0) is 18.1. The number of benzene rings is 2. The number of carbonyl (C=O) groups is 2. The highest BCUT2D eigenvalue weighted by Gasteiger charge is 2.37. The average molecular weight is 347 g/mol. The van der Waals surface area contributed by atoms with Crippen LogP contribution in [-0.2, 0) is 16.0 Å². The number of oxazole rings is 1.